The first-order valence-electron chi connectivity index (χ1n) is 6.73. The summed E-state index contributed by atoms with van der Waals surface area (Å²) in [5.41, 5.74) is 1.48. The van der Waals surface area contributed by atoms with Gasteiger partial charge in [-0.2, -0.15) is 5.26 Å². The van der Waals surface area contributed by atoms with Crippen molar-refractivity contribution in [2.75, 3.05) is 5.32 Å². The van der Waals surface area contributed by atoms with E-state index in [4.69, 9.17) is 28.5 Å². The van der Waals surface area contributed by atoms with Gasteiger partial charge in [-0.15, -0.1) is 0 Å². The summed E-state index contributed by atoms with van der Waals surface area (Å²) in [6, 6.07) is 15.9. The van der Waals surface area contributed by atoms with Crippen molar-refractivity contribution in [2.24, 2.45) is 0 Å². The number of nitriles is 1. The highest BCUT2D eigenvalue weighted by molar-refractivity contribution is 6.31. The summed E-state index contributed by atoms with van der Waals surface area (Å²) in [5.74, 6) is -0.502. The average molecular weight is 346 g/mol. The number of nitrogens with zero attached hydrogens (tertiary/aromatic N) is 1. The van der Waals surface area contributed by atoms with Crippen molar-refractivity contribution >= 4 is 34.8 Å². The summed E-state index contributed by atoms with van der Waals surface area (Å²) in [6.45, 7) is 0.479. The Morgan fingerprint density at radius 2 is 1.87 bits per heavy atom. The van der Waals surface area contributed by atoms with Crippen LogP contribution < -0.4 is 10.6 Å². The molecule has 23 heavy (non-hydrogen) atoms. The second-order valence-corrected chi connectivity index (χ2v) is 5.51. The second kappa shape index (κ2) is 8.23. The lowest BCUT2D eigenvalue weighted by Crippen LogP contribution is -2.16. The van der Waals surface area contributed by atoms with Gasteiger partial charge >= 0.3 is 0 Å². The Kier molecular flexibility index (Phi) is 6.04. The molecule has 4 nitrogen and oxygen atoms in total. The first kappa shape index (κ1) is 16.9. The number of carbonyl (C=O) groups is 1. The van der Waals surface area contributed by atoms with Crippen LogP contribution in [-0.2, 0) is 11.3 Å². The van der Waals surface area contributed by atoms with Crippen LogP contribution in [0.4, 0.5) is 5.69 Å². The molecule has 0 aliphatic heterocycles. The van der Waals surface area contributed by atoms with E-state index in [9.17, 15) is 4.79 Å². The van der Waals surface area contributed by atoms with Crippen molar-refractivity contribution in [1.82, 2.24) is 5.32 Å². The third kappa shape index (κ3) is 5.33. The number of halogens is 2. The van der Waals surface area contributed by atoms with Crippen LogP contribution in [-0.4, -0.2) is 5.91 Å². The van der Waals surface area contributed by atoms with Crippen LogP contribution in [0.15, 0.2) is 60.3 Å². The third-order valence-corrected chi connectivity index (χ3v) is 3.40. The zero-order chi connectivity index (χ0) is 16.7. The number of benzene rings is 2. The molecule has 0 aliphatic rings. The first-order valence-corrected chi connectivity index (χ1v) is 7.49. The molecule has 0 radical (unpaired) electrons. The van der Waals surface area contributed by atoms with Crippen molar-refractivity contribution in [3.8, 4) is 6.07 Å². The Hall–Kier alpha value is -2.48. The molecule has 0 fully saturated rings. The molecule has 0 saturated heterocycles. The molecule has 6 heteroatoms. The number of anilines is 1. The lowest BCUT2D eigenvalue weighted by atomic mass is 10.2. The fourth-order valence-corrected chi connectivity index (χ4v) is 2.10. The van der Waals surface area contributed by atoms with E-state index in [0.29, 0.717) is 22.3 Å². The molecule has 0 bridgehead atoms. The fraction of sp³-hybridized carbons (Fsp3) is 0.0588. The molecule has 2 N–H and O–H groups in total. The van der Waals surface area contributed by atoms with Crippen LogP contribution in [0.3, 0.4) is 0 Å². The van der Waals surface area contributed by atoms with Crippen LogP contribution in [0.25, 0.3) is 0 Å². The maximum absolute atomic E-state index is 12.0. The SMILES string of the molecule is N#C/C(=C/NCc1ccc(Cl)cc1)C(=O)Nc1cccc(Cl)c1. The molecule has 0 aromatic heterocycles. The zero-order valence-corrected chi connectivity index (χ0v) is 13.5. The summed E-state index contributed by atoms with van der Waals surface area (Å²) < 4.78 is 0. The summed E-state index contributed by atoms with van der Waals surface area (Å²) in [5, 5.41) is 15.8. The number of nitrogens with one attached hydrogen (secondary N) is 2. The van der Waals surface area contributed by atoms with Crippen LogP contribution in [0.5, 0.6) is 0 Å². The lowest BCUT2D eigenvalue weighted by molar-refractivity contribution is -0.112. The molecular weight excluding hydrogens is 333 g/mol. The summed E-state index contributed by atoms with van der Waals surface area (Å²) in [4.78, 5) is 12.0. The molecule has 2 aromatic rings. The number of rotatable bonds is 5. The maximum atomic E-state index is 12.0. The quantitative estimate of drug-likeness (QED) is 0.632. The van der Waals surface area contributed by atoms with Crippen LogP contribution in [0.1, 0.15) is 5.56 Å². The zero-order valence-electron chi connectivity index (χ0n) is 12.0. The topological polar surface area (TPSA) is 64.9 Å². The van der Waals surface area contributed by atoms with Gasteiger partial charge in [0.05, 0.1) is 0 Å². The first-order chi connectivity index (χ1) is 11.1. The van der Waals surface area contributed by atoms with Gasteiger partial charge in [-0.3, -0.25) is 4.79 Å². The normalized spacial score (nSPS) is 10.7. The molecule has 0 aliphatic carbocycles. The van der Waals surface area contributed by atoms with E-state index in [0.717, 1.165) is 5.56 Å². The smallest absolute Gasteiger partial charge is 0.267 e. The Labute approximate surface area is 144 Å². The van der Waals surface area contributed by atoms with Crippen molar-refractivity contribution in [3.63, 3.8) is 0 Å². The van der Waals surface area contributed by atoms with Crippen molar-refractivity contribution in [2.45, 2.75) is 6.54 Å². The Morgan fingerprint density at radius 3 is 2.52 bits per heavy atom. The van der Waals surface area contributed by atoms with E-state index >= 15 is 0 Å². The molecule has 0 spiro atoms. The lowest BCUT2D eigenvalue weighted by Gasteiger charge is -2.06. The predicted molar refractivity (Wildman–Crippen MR) is 92.1 cm³/mol. The van der Waals surface area contributed by atoms with Gasteiger partial charge < -0.3 is 10.6 Å². The van der Waals surface area contributed by atoms with Gasteiger partial charge in [0.15, 0.2) is 0 Å². The van der Waals surface area contributed by atoms with E-state index in [1.807, 2.05) is 18.2 Å². The largest absolute Gasteiger partial charge is 0.386 e. The standard InChI is InChI=1S/C17H13Cl2N3O/c18-14-6-4-12(5-7-14)10-21-11-13(9-20)17(23)22-16-3-1-2-15(19)8-16/h1-8,11,21H,10H2,(H,22,23)/b13-11-. The highest BCUT2D eigenvalue weighted by atomic mass is 35.5. The van der Waals surface area contributed by atoms with Gasteiger partial charge in [-0.25, -0.2) is 0 Å². The minimum Gasteiger partial charge on any atom is -0.386 e. The fourth-order valence-electron chi connectivity index (χ4n) is 1.79. The third-order valence-electron chi connectivity index (χ3n) is 2.91. The number of hydrogen-bond acceptors (Lipinski definition) is 3. The molecule has 1 amide bonds. The van der Waals surface area contributed by atoms with Crippen molar-refractivity contribution < 1.29 is 4.79 Å². The van der Waals surface area contributed by atoms with Gasteiger partial charge in [0.1, 0.15) is 11.6 Å². The van der Waals surface area contributed by atoms with E-state index in [1.54, 1.807) is 36.4 Å². The van der Waals surface area contributed by atoms with Crippen LogP contribution in [0.2, 0.25) is 10.0 Å². The molecule has 2 aromatic carbocycles. The van der Waals surface area contributed by atoms with Crippen molar-refractivity contribution in [1.29, 1.82) is 5.26 Å². The van der Waals surface area contributed by atoms with Crippen LogP contribution in [0, 0.1) is 11.3 Å². The van der Waals surface area contributed by atoms with Gasteiger partial charge in [0.25, 0.3) is 5.91 Å². The molecule has 0 heterocycles. The molecular formula is C17H13Cl2N3O. The minimum atomic E-state index is -0.502. The summed E-state index contributed by atoms with van der Waals surface area (Å²) >= 11 is 11.7. The number of hydrogen-bond donors (Lipinski definition) is 2. The van der Waals surface area contributed by atoms with Gasteiger partial charge in [-0.05, 0) is 35.9 Å². The second-order valence-electron chi connectivity index (χ2n) is 4.64. The minimum absolute atomic E-state index is 0.0288. The highest BCUT2D eigenvalue weighted by Gasteiger charge is 2.09. The molecule has 0 atom stereocenters. The van der Waals surface area contributed by atoms with Gasteiger partial charge in [0, 0.05) is 28.5 Å². The monoisotopic (exact) mass is 345 g/mol. The Balaban J connectivity index is 1.96. The Morgan fingerprint density at radius 1 is 1.13 bits per heavy atom. The molecule has 0 unspecified atom stereocenters. The van der Waals surface area contributed by atoms with Crippen molar-refractivity contribution in [3.05, 3.63) is 75.9 Å². The van der Waals surface area contributed by atoms with E-state index in [2.05, 4.69) is 10.6 Å². The summed E-state index contributed by atoms with van der Waals surface area (Å²) in [6.07, 6.45) is 1.38. The highest BCUT2D eigenvalue weighted by Crippen LogP contribution is 2.15. The van der Waals surface area contributed by atoms with Gasteiger partial charge in [0.2, 0.25) is 0 Å². The van der Waals surface area contributed by atoms with E-state index in [-0.39, 0.29) is 5.57 Å². The molecule has 0 saturated carbocycles. The van der Waals surface area contributed by atoms with Gasteiger partial charge in [-0.1, -0.05) is 41.4 Å². The predicted octanol–water partition coefficient (Wildman–Crippen LogP) is 4.13. The average Bonchev–Trinajstić information content (AvgIpc) is 2.53. The molecule has 2 rings (SSSR count). The van der Waals surface area contributed by atoms with Crippen LogP contribution >= 0.6 is 23.2 Å². The Bertz CT molecular complexity index is 764. The number of carbonyl (C=O) groups excluding carboxylic acids is 1. The maximum Gasteiger partial charge on any atom is 0.267 e. The number of amides is 1. The van der Waals surface area contributed by atoms with E-state index in [1.165, 1.54) is 6.20 Å². The molecule has 116 valence electrons. The summed E-state index contributed by atoms with van der Waals surface area (Å²) in [7, 11) is 0. The van der Waals surface area contributed by atoms with E-state index < -0.39 is 5.91 Å².